The standard InChI is InChI=1S/C7H18N2O3S/c1-6(4-8)9-13(10,11)7(2)5-12-3/h6-7,9H,4-5,8H2,1-3H3/t6-,7?/m0/s1. The second-order valence-corrected chi connectivity index (χ2v) is 5.20. The minimum absolute atomic E-state index is 0.187. The Morgan fingerprint density at radius 1 is 1.46 bits per heavy atom. The van der Waals surface area contributed by atoms with Gasteiger partial charge in [0.1, 0.15) is 0 Å². The van der Waals surface area contributed by atoms with E-state index in [1.807, 2.05) is 0 Å². The first-order chi connectivity index (χ1) is 5.94. The van der Waals surface area contributed by atoms with Gasteiger partial charge in [-0.15, -0.1) is 0 Å². The van der Waals surface area contributed by atoms with Crippen LogP contribution >= 0.6 is 0 Å². The molecule has 0 heterocycles. The summed E-state index contributed by atoms with van der Waals surface area (Å²) >= 11 is 0. The van der Waals surface area contributed by atoms with Crippen LogP contribution in [0.5, 0.6) is 0 Å². The van der Waals surface area contributed by atoms with Gasteiger partial charge in [-0.3, -0.25) is 0 Å². The zero-order valence-corrected chi connectivity index (χ0v) is 9.10. The molecule has 0 aliphatic rings. The van der Waals surface area contributed by atoms with Gasteiger partial charge >= 0.3 is 0 Å². The summed E-state index contributed by atoms with van der Waals surface area (Å²) in [5.41, 5.74) is 5.30. The van der Waals surface area contributed by atoms with E-state index in [1.54, 1.807) is 13.8 Å². The Morgan fingerprint density at radius 3 is 2.38 bits per heavy atom. The molecule has 0 aromatic heterocycles. The SMILES string of the molecule is COCC(C)S(=O)(=O)N[C@@H](C)CN. The highest BCUT2D eigenvalue weighted by Gasteiger charge is 2.21. The highest BCUT2D eigenvalue weighted by atomic mass is 32.2. The minimum Gasteiger partial charge on any atom is -0.383 e. The molecule has 0 aliphatic heterocycles. The van der Waals surface area contributed by atoms with Crippen LogP contribution in [-0.4, -0.2) is 40.0 Å². The van der Waals surface area contributed by atoms with E-state index >= 15 is 0 Å². The first kappa shape index (κ1) is 12.8. The molecular formula is C7H18N2O3S. The number of methoxy groups -OCH3 is 1. The van der Waals surface area contributed by atoms with Crippen LogP contribution in [0.2, 0.25) is 0 Å². The molecule has 0 saturated carbocycles. The predicted octanol–water partition coefficient (Wildman–Crippen LogP) is -0.712. The van der Waals surface area contributed by atoms with Crippen molar-refractivity contribution in [3.8, 4) is 0 Å². The van der Waals surface area contributed by atoms with Gasteiger partial charge in [0.2, 0.25) is 10.0 Å². The van der Waals surface area contributed by atoms with Gasteiger partial charge in [-0.05, 0) is 13.8 Å². The van der Waals surface area contributed by atoms with Crippen molar-refractivity contribution < 1.29 is 13.2 Å². The van der Waals surface area contributed by atoms with Gasteiger partial charge in [0.15, 0.2) is 0 Å². The van der Waals surface area contributed by atoms with E-state index in [9.17, 15) is 8.42 Å². The zero-order chi connectivity index (χ0) is 10.5. The van der Waals surface area contributed by atoms with Crippen molar-refractivity contribution in [2.24, 2.45) is 5.73 Å². The number of rotatable bonds is 6. The molecule has 0 saturated heterocycles. The molecule has 3 N–H and O–H groups in total. The van der Waals surface area contributed by atoms with E-state index < -0.39 is 15.3 Å². The van der Waals surface area contributed by atoms with Crippen molar-refractivity contribution in [2.45, 2.75) is 25.1 Å². The van der Waals surface area contributed by atoms with Gasteiger partial charge in [-0.1, -0.05) is 0 Å². The minimum atomic E-state index is -3.29. The van der Waals surface area contributed by atoms with Gasteiger partial charge in [-0.2, -0.15) is 0 Å². The van der Waals surface area contributed by atoms with Crippen LogP contribution < -0.4 is 10.5 Å². The van der Waals surface area contributed by atoms with E-state index in [-0.39, 0.29) is 12.6 Å². The Hall–Kier alpha value is -0.170. The molecule has 0 fully saturated rings. The lowest BCUT2D eigenvalue weighted by molar-refractivity contribution is 0.200. The molecule has 0 rings (SSSR count). The maximum absolute atomic E-state index is 11.4. The van der Waals surface area contributed by atoms with Crippen molar-refractivity contribution >= 4 is 10.0 Å². The van der Waals surface area contributed by atoms with Crippen molar-refractivity contribution in [3.05, 3.63) is 0 Å². The molecular weight excluding hydrogens is 192 g/mol. The maximum Gasteiger partial charge on any atom is 0.216 e. The summed E-state index contributed by atoms with van der Waals surface area (Å²) in [7, 11) is -1.82. The smallest absolute Gasteiger partial charge is 0.216 e. The predicted molar refractivity (Wildman–Crippen MR) is 51.9 cm³/mol. The third-order valence-corrected chi connectivity index (χ3v) is 3.58. The highest BCUT2D eigenvalue weighted by Crippen LogP contribution is 1.99. The summed E-state index contributed by atoms with van der Waals surface area (Å²) in [4.78, 5) is 0. The molecule has 0 aromatic carbocycles. The van der Waals surface area contributed by atoms with Crippen LogP contribution in [0.15, 0.2) is 0 Å². The van der Waals surface area contributed by atoms with Gasteiger partial charge in [0.25, 0.3) is 0 Å². The highest BCUT2D eigenvalue weighted by molar-refractivity contribution is 7.90. The molecule has 13 heavy (non-hydrogen) atoms. The maximum atomic E-state index is 11.4. The van der Waals surface area contributed by atoms with Crippen LogP contribution in [0.1, 0.15) is 13.8 Å². The van der Waals surface area contributed by atoms with Crippen LogP contribution in [0, 0.1) is 0 Å². The topological polar surface area (TPSA) is 81.4 Å². The fourth-order valence-electron chi connectivity index (χ4n) is 0.769. The number of hydrogen-bond donors (Lipinski definition) is 2. The van der Waals surface area contributed by atoms with Crippen molar-refractivity contribution in [1.29, 1.82) is 0 Å². The number of ether oxygens (including phenoxy) is 1. The summed E-state index contributed by atoms with van der Waals surface area (Å²) in [6.45, 7) is 3.79. The van der Waals surface area contributed by atoms with Crippen molar-refractivity contribution in [3.63, 3.8) is 0 Å². The molecule has 0 radical (unpaired) electrons. The zero-order valence-electron chi connectivity index (χ0n) is 8.28. The van der Waals surface area contributed by atoms with Gasteiger partial charge in [0, 0.05) is 19.7 Å². The lowest BCUT2D eigenvalue weighted by atomic mass is 10.4. The first-order valence-electron chi connectivity index (χ1n) is 4.14. The van der Waals surface area contributed by atoms with E-state index in [4.69, 9.17) is 10.5 Å². The van der Waals surface area contributed by atoms with Crippen molar-refractivity contribution in [1.82, 2.24) is 4.72 Å². The van der Waals surface area contributed by atoms with Crippen molar-refractivity contribution in [2.75, 3.05) is 20.3 Å². The first-order valence-corrected chi connectivity index (χ1v) is 5.68. The molecule has 5 nitrogen and oxygen atoms in total. The Kier molecular flexibility index (Phi) is 5.46. The summed E-state index contributed by atoms with van der Waals surface area (Å²) in [5.74, 6) is 0. The Balaban J connectivity index is 4.23. The molecule has 6 heteroatoms. The molecule has 2 atom stereocenters. The van der Waals surface area contributed by atoms with E-state index in [1.165, 1.54) is 7.11 Å². The van der Waals surface area contributed by atoms with Gasteiger partial charge in [-0.25, -0.2) is 13.1 Å². The van der Waals surface area contributed by atoms with Crippen LogP contribution in [0.4, 0.5) is 0 Å². The van der Waals surface area contributed by atoms with E-state index in [0.717, 1.165) is 0 Å². The lowest BCUT2D eigenvalue weighted by Gasteiger charge is -2.16. The lowest BCUT2D eigenvalue weighted by Crippen LogP contribution is -2.43. The third kappa shape index (κ3) is 4.56. The quantitative estimate of drug-likeness (QED) is 0.606. The van der Waals surface area contributed by atoms with E-state index in [2.05, 4.69) is 4.72 Å². The number of sulfonamides is 1. The van der Waals surface area contributed by atoms with E-state index in [0.29, 0.717) is 6.54 Å². The summed E-state index contributed by atoms with van der Waals surface area (Å²) in [6, 6.07) is -0.232. The Bertz CT molecular complexity index is 228. The number of nitrogens with two attached hydrogens (primary N) is 1. The molecule has 0 amide bonds. The molecule has 0 aromatic rings. The molecule has 0 aliphatic carbocycles. The molecule has 0 spiro atoms. The number of nitrogens with one attached hydrogen (secondary N) is 1. The Morgan fingerprint density at radius 2 is 2.00 bits per heavy atom. The molecule has 80 valence electrons. The fraction of sp³-hybridized carbons (Fsp3) is 1.00. The van der Waals surface area contributed by atoms with Gasteiger partial charge in [0.05, 0.1) is 11.9 Å². The summed E-state index contributed by atoms with van der Waals surface area (Å²) in [5, 5.41) is -0.550. The van der Waals surface area contributed by atoms with Gasteiger partial charge < -0.3 is 10.5 Å². The average Bonchev–Trinajstić information content (AvgIpc) is 2.04. The number of hydrogen-bond acceptors (Lipinski definition) is 4. The molecule has 1 unspecified atom stereocenters. The van der Waals surface area contributed by atoms with Crippen LogP contribution in [0.3, 0.4) is 0 Å². The normalized spacial score (nSPS) is 16.9. The largest absolute Gasteiger partial charge is 0.383 e. The summed E-state index contributed by atoms with van der Waals surface area (Å²) < 4.78 is 30.1. The fourth-order valence-corrected chi connectivity index (χ4v) is 1.97. The second kappa shape index (κ2) is 5.54. The van der Waals surface area contributed by atoms with Crippen LogP contribution in [0.25, 0.3) is 0 Å². The third-order valence-electron chi connectivity index (χ3n) is 1.65. The summed E-state index contributed by atoms with van der Waals surface area (Å²) in [6.07, 6.45) is 0. The average molecular weight is 210 g/mol. The second-order valence-electron chi connectivity index (χ2n) is 3.07. The Labute approximate surface area is 79.7 Å². The monoisotopic (exact) mass is 210 g/mol. The van der Waals surface area contributed by atoms with Crippen LogP contribution in [-0.2, 0) is 14.8 Å². The molecule has 0 bridgehead atoms.